The fraction of sp³-hybridized carbons (Fsp3) is 0.933. The largest absolute Gasteiger partial charge is 0.336 e. The normalized spacial score (nSPS) is 38.7. The van der Waals surface area contributed by atoms with E-state index in [1.165, 1.54) is 25.7 Å². The zero-order chi connectivity index (χ0) is 14.1. The Morgan fingerprint density at radius 1 is 1.35 bits per heavy atom. The molecule has 4 unspecified atom stereocenters. The fourth-order valence-electron chi connectivity index (χ4n) is 4.32. The molecule has 0 aromatic carbocycles. The summed E-state index contributed by atoms with van der Waals surface area (Å²) >= 11 is 0. The van der Waals surface area contributed by atoms with Crippen LogP contribution in [0.3, 0.4) is 0 Å². The minimum absolute atomic E-state index is 0.125. The standard InChI is InChI=1S/C15H28N4O/c1-2-11-3-4-12(8-16)14(7-11)18-5-6-19-13(10-18)9-17-15(19)20/h11-14H,2-10,16H2,1H3,(H,17,20). The van der Waals surface area contributed by atoms with E-state index in [0.717, 1.165) is 38.6 Å². The highest BCUT2D eigenvalue weighted by molar-refractivity contribution is 5.77. The van der Waals surface area contributed by atoms with Crippen molar-refractivity contribution in [3.05, 3.63) is 0 Å². The van der Waals surface area contributed by atoms with Crippen molar-refractivity contribution >= 4 is 6.03 Å². The van der Waals surface area contributed by atoms with Crippen LogP contribution in [-0.4, -0.2) is 60.6 Å². The van der Waals surface area contributed by atoms with Gasteiger partial charge in [0.25, 0.3) is 0 Å². The predicted molar refractivity (Wildman–Crippen MR) is 79.4 cm³/mol. The van der Waals surface area contributed by atoms with Crippen LogP contribution in [0, 0.1) is 11.8 Å². The lowest BCUT2D eigenvalue weighted by molar-refractivity contribution is 0.0320. The number of piperazine rings is 1. The van der Waals surface area contributed by atoms with Gasteiger partial charge in [0, 0.05) is 32.2 Å². The van der Waals surface area contributed by atoms with Crippen molar-refractivity contribution in [1.82, 2.24) is 15.1 Å². The summed E-state index contributed by atoms with van der Waals surface area (Å²) in [5.74, 6) is 1.51. The number of amides is 2. The maximum Gasteiger partial charge on any atom is 0.317 e. The number of nitrogens with two attached hydrogens (primary N) is 1. The highest BCUT2D eigenvalue weighted by atomic mass is 16.2. The lowest BCUT2D eigenvalue weighted by Crippen LogP contribution is -2.58. The molecule has 3 aliphatic rings. The Morgan fingerprint density at radius 2 is 2.20 bits per heavy atom. The number of rotatable bonds is 3. The predicted octanol–water partition coefficient (Wildman–Crippen LogP) is 0.849. The quantitative estimate of drug-likeness (QED) is 0.805. The van der Waals surface area contributed by atoms with Crippen LogP contribution in [0.5, 0.6) is 0 Å². The number of carbonyl (C=O) groups excluding carboxylic acids is 1. The van der Waals surface area contributed by atoms with Gasteiger partial charge in [0.1, 0.15) is 0 Å². The van der Waals surface area contributed by atoms with Crippen molar-refractivity contribution in [2.75, 3.05) is 32.7 Å². The summed E-state index contributed by atoms with van der Waals surface area (Å²) < 4.78 is 0. The maximum atomic E-state index is 11.7. The fourth-order valence-corrected chi connectivity index (χ4v) is 4.32. The van der Waals surface area contributed by atoms with Crippen molar-refractivity contribution in [3.63, 3.8) is 0 Å². The Labute approximate surface area is 121 Å². The Hall–Kier alpha value is -0.810. The molecule has 2 amide bonds. The molecule has 2 heterocycles. The molecule has 0 aromatic rings. The molecule has 0 aromatic heterocycles. The summed E-state index contributed by atoms with van der Waals surface area (Å²) in [6.45, 7) is 6.84. The van der Waals surface area contributed by atoms with E-state index in [2.05, 4.69) is 17.1 Å². The molecule has 0 spiro atoms. The summed E-state index contributed by atoms with van der Waals surface area (Å²) in [6.07, 6.45) is 5.21. The molecule has 5 heteroatoms. The number of nitrogens with zero attached hydrogens (tertiary/aromatic N) is 2. The molecule has 4 atom stereocenters. The Kier molecular flexibility index (Phi) is 4.17. The van der Waals surface area contributed by atoms with Gasteiger partial charge in [0.2, 0.25) is 0 Å². The van der Waals surface area contributed by atoms with Gasteiger partial charge in [-0.3, -0.25) is 4.90 Å². The van der Waals surface area contributed by atoms with E-state index in [1.54, 1.807) is 0 Å². The summed E-state index contributed by atoms with van der Waals surface area (Å²) in [6, 6.07) is 1.13. The summed E-state index contributed by atoms with van der Waals surface area (Å²) in [7, 11) is 0. The SMILES string of the molecule is CCC1CCC(CN)C(N2CCN3C(=O)NCC3C2)C1. The molecule has 5 nitrogen and oxygen atoms in total. The monoisotopic (exact) mass is 280 g/mol. The average molecular weight is 280 g/mol. The van der Waals surface area contributed by atoms with E-state index in [0.29, 0.717) is 18.0 Å². The Bertz CT molecular complexity index is 362. The van der Waals surface area contributed by atoms with E-state index in [4.69, 9.17) is 5.73 Å². The molecule has 1 saturated carbocycles. The minimum atomic E-state index is 0.125. The van der Waals surface area contributed by atoms with Crippen LogP contribution in [0.1, 0.15) is 32.6 Å². The van der Waals surface area contributed by atoms with Crippen molar-refractivity contribution in [1.29, 1.82) is 0 Å². The molecule has 1 aliphatic carbocycles. The van der Waals surface area contributed by atoms with Crippen LogP contribution in [0.2, 0.25) is 0 Å². The van der Waals surface area contributed by atoms with E-state index < -0.39 is 0 Å². The summed E-state index contributed by atoms with van der Waals surface area (Å²) in [5, 5.41) is 2.97. The third-order valence-corrected chi connectivity index (χ3v) is 5.68. The molecule has 3 fully saturated rings. The zero-order valence-electron chi connectivity index (χ0n) is 12.6. The molecule has 2 saturated heterocycles. The van der Waals surface area contributed by atoms with Gasteiger partial charge < -0.3 is 16.0 Å². The molecule has 114 valence electrons. The van der Waals surface area contributed by atoms with E-state index in [9.17, 15) is 4.79 Å². The second-order valence-electron chi connectivity index (χ2n) is 6.68. The molecule has 3 N–H and O–H groups in total. The van der Waals surface area contributed by atoms with Crippen LogP contribution in [0.15, 0.2) is 0 Å². The third-order valence-electron chi connectivity index (χ3n) is 5.68. The van der Waals surface area contributed by atoms with Crippen molar-refractivity contribution in [3.8, 4) is 0 Å². The second kappa shape index (κ2) is 5.90. The maximum absolute atomic E-state index is 11.7. The van der Waals surface area contributed by atoms with Gasteiger partial charge in [-0.2, -0.15) is 0 Å². The molecular weight excluding hydrogens is 252 g/mol. The number of nitrogens with one attached hydrogen (secondary N) is 1. The number of hydrogen-bond donors (Lipinski definition) is 2. The first-order valence-corrected chi connectivity index (χ1v) is 8.21. The topological polar surface area (TPSA) is 61.6 Å². The molecule has 2 aliphatic heterocycles. The number of urea groups is 1. The molecular formula is C15H28N4O. The highest BCUT2D eigenvalue weighted by Crippen LogP contribution is 2.34. The highest BCUT2D eigenvalue weighted by Gasteiger charge is 2.40. The number of carbonyl (C=O) groups is 1. The third kappa shape index (κ3) is 2.53. The number of hydrogen-bond acceptors (Lipinski definition) is 3. The van der Waals surface area contributed by atoms with Crippen LogP contribution >= 0.6 is 0 Å². The molecule has 0 radical (unpaired) electrons. The summed E-state index contributed by atoms with van der Waals surface area (Å²) in [4.78, 5) is 16.3. The van der Waals surface area contributed by atoms with Crippen LogP contribution in [0.25, 0.3) is 0 Å². The zero-order valence-corrected chi connectivity index (χ0v) is 12.6. The van der Waals surface area contributed by atoms with Crippen LogP contribution in [0.4, 0.5) is 4.79 Å². The average Bonchev–Trinajstić information content (AvgIpc) is 2.87. The smallest absolute Gasteiger partial charge is 0.317 e. The lowest BCUT2D eigenvalue weighted by atomic mass is 9.76. The first-order valence-electron chi connectivity index (χ1n) is 8.21. The Balaban J connectivity index is 1.66. The second-order valence-corrected chi connectivity index (χ2v) is 6.68. The number of fused-ring (bicyclic) bond motifs is 1. The van der Waals surface area contributed by atoms with Crippen molar-refractivity contribution < 1.29 is 4.79 Å². The van der Waals surface area contributed by atoms with Crippen molar-refractivity contribution in [2.45, 2.75) is 44.7 Å². The van der Waals surface area contributed by atoms with E-state index >= 15 is 0 Å². The van der Waals surface area contributed by atoms with Gasteiger partial charge in [0.15, 0.2) is 0 Å². The van der Waals surface area contributed by atoms with Gasteiger partial charge in [-0.15, -0.1) is 0 Å². The first kappa shape index (κ1) is 14.1. The van der Waals surface area contributed by atoms with E-state index in [1.807, 2.05) is 4.90 Å². The van der Waals surface area contributed by atoms with Gasteiger partial charge in [-0.25, -0.2) is 4.79 Å². The molecule has 20 heavy (non-hydrogen) atoms. The first-order chi connectivity index (χ1) is 9.72. The van der Waals surface area contributed by atoms with Gasteiger partial charge in [-0.05, 0) is 31.2 Å². The van der Waals surface area contributed by atoms with Crippen LogP contribution in [-0.2, 0) is 0 Å². The van der Waals surface area contributed by atoms with E-state index in [-0.39, 0.29) is 6.03 Å². The van der Waals surface area contributed by atoms with Gasteiger partial charge >= 0.3 is 6.03 Å². The van der Waals surface area contributed by atoms with Crippen molar-refractivity contribution in [2.24, 2.45) is 17.6 Å². The summed E-state index contributed by atoms with van der Waals surface area (Å²) in [5.41, 5.74) is 6.01. The molecule has 0 bridgehead atoms. The van der Waals surface area contributed by atoms with Gasteiger partial charge in [0.05, 0.1) is 6.04 Å². The van der Waals surface area contributed by atoms with Crippen LogP contribution < -0.4 is 11.1 Å². The van der Waals surface area contributed by atoms with Gasteiger partial charge in [-0.1, -0.05) is 19.8 Å². The minimum Gasteiger partial charge on any atom is -0.336 e. The Morgan fingerprint density at radius 3 is 2.95 bits per heavy atom. The lowest BCUT2D eigenvalue weighted by Gasteiger charge is -2.46. The molecule has 3 rings (SSSR count).